The van der Waals surface area contributed by atoms with Gasteiger partial charge in [-0.15, -0.1) is 0 Å². The van der Waals surface area contributed by atoms with Crippen LogP contribution in [0.5, 0.6) is 0 Å². The van der Waals surface area contributed by atoms with Crippen molar-refractivity contribution in [1.82, 2.24) is 15.2 Å². The maximum absolute atomic E-state index is 12.5. The molecule has 3 aromatic rings. The highest BCUT2D eigenvalue weighted by atomic mass is 32.2. The average molecular weight is 428 g/mol. The van der Waals surface area contributed by atoms with Crippen molar-refractivity contribution in [2.75, 3.05) is 16.8 Å². The number of anilines is 1. The molecule has 0 saturated carbocycles. The number of carbonyl (C=O) groups excluding carboxylic acids is 1. The molecule has 1 aromatic carbocycles. The molecule has 0 radical (unpaired) electrons. The van der Waals surface area contributed by atoms with Crippen LogP contribution in [-0.4, -0.2) is 47.1 Å². The summed E-state index contributed by atoms with van der Waals surface area (Å²) in [5, 5.41) is 11.0. The topological polar surface area (TPSA) is 131 Å². The predicted molar refractivity (Wildman–Crippen MR) is 117 cm³/mol. The molecule has 1 atom stereocenters. The fourth-order valence-corrected chi connectivity index (χ4v) is 5.92. The molecule has 0 bridgehead atoms. The summed E-state index contributed by atoms with van der Waals surface area (Å²) in [7, 11) is -3.02. The van der Waals surface area contributed by atoms with E-state index in [2.05, 4.69) is 15.5 Å². The first-order chi connectivity index (χ1) is 14.2. The molecule has 0 aliphatic carbocycles. The number of hydrogen-bond donors (Lipinski definition) is 3. The summed E-state index contributed by atoms with van der Waals surface area (Å²) in [6, 6.07) is 5.88. The number of hydrogen-bond acceptors (Lipinski definition) is 6. The van der Waals surface area contributed by atoms with Gasteiger partial charge in [0.1, 0.15) is 0 Å². The Morgan fingerprint density at radius 1 is 1.33 bits per heavy atom. The number of benzene rings is 1. The average Bonchev–Trinajstić information content (AvgIpc) is 3.30. The first kappa shape index (κ1) is 20.3. The molecular weight excluding hydrogens is 402 g/mol. The minimum Gasteiger partial charge on any atom is -0.382 e. The highest BCUT2D eigenvalue weighted by molar-refractivity contribution is 7.91. The lowest BCUT2D eigenvalue weighted by Crippen LogP contribution is -2.22. The SMILES string of the molecule is CC(C)Nc1c(C(N)=O)c(CC2CCS(=O)(=O)C2)nc2ccc(-c3cn[nH]c3)cc12. The molecule has 1 unspecified atom stereocenters. The zero-order chi connectivity index (χ0) is 21.5. The third-order valence-electron chi connectivity index (χ3n) is 5.38. The van der Waals surface area contributed by atoms with Crippen molar-refractivity contribution in [3.8, 4) is 11.1 Å². The van der Waals surface area contributed by atoms with Crippen molar-refractivity contribution in [3.05, 3.63) is 41.9 Å². The largest absolute Gasteiger partial charge is 0.382 e. The van der Waals surface area contributed by atoms with Gasteiger partial charge in [-0.1, -0.05) is 6.07 Å². The van der Waals surface area contributed by atoms with Crippen LogP contribution in [-0.2, 0) is 16.3 Å². The van der Waals surface area contributed by atoms with Crippen molar-refractivity contribution in [3.63, 3.8) is 0 Å². The number of aromatic amines is 1. The number of nitrogens with two attached hydrogens (primary N) is 1. The zero-order valence-electron chi connectivity index (χ0n) is 17.0. The monoisotopic (exact) mass is 427 g/mol. The Kier molecular flexibility index (Phi) is 5.23. The Morgan fingerprint density at radius 3 is 2.73 bits per heavy atom. The number of amides is 1. The summed E-state index contributed by atoms with van der Waals surface area (Å²) in [5.41, 5.74) is 9.91. The van der Waals surface area contributed by atoms with Gasteiger partial charge in [0.25, 0.3) is 5.91 Å². The first-order valence-electron chi connectivity index (χ1n) is 9.96. The van der Waals surface area contributed by atoms with E-state index in [0.717, 1.165) is 22.0 Å². The Balaban J connectivity index is 1.88. The fraction of sp³-hybridized carbons (Fsp3) is 0.381. The number of fused-ring (bicyclic) bond motifs is 1. The molecule has 8 nitrogen and oxygen atoms in total. The van der Waals surface area contributed by atoms with Crippen LogP contribution in [0.1, 0.15) is 36.3 Å². The van der Waals surface area contributed by atoms with Crippen LogP contribution in [0.2, 0.25) is 0 Å². The van der Waals surface area contributed by atoms with Gasteiger partial charge in [-0.2, -0.15) is 5.10 Å². The number of nitrogens with one attached hydrogen (secondary N) is 2. The number of pyridine rings is 1. The van der Waals surface area contributed by atoms with Gasteiger partial charge in [0, 0.05) is 23.2 Å². The molecule has 2 aromatic heterocycles. The highest BCUT2D eigenvalue weighted by Gasteiger charge is 2.30. The van der Waals surface area contributed by atoms with Crippen LogP contribution < -0.4 is 11.1 Å². The molecule has 1 aliphatic heterocycles. The van der Waals surface area contributed by atoms with Crippen molar-refractivity contribution in [2.45, 2.75) is 32.7 Å². The van der Waals surface area contributed by atoms with E-state index in [1.807, 2.05) is 32.0 Å². The molecule has 1 aliphatic rings. The predicted octanol–water partition coefficient (Wildman–Crippen LogP) is 2.52. The van der Waals surface area contributed by atoms with Gasteiger partial charge in [-0.05, 0) is 50.3 Å². The molecule has 0 spiro atoms. The number of rotatable bonds is 6. The van der Waals surface area contributed by atoms with Gasteiger partial charge in [-0.25, -0.2) is 8.42 Å². The fourth-order valence-electron chi connectivity index (χ4n) is 4.06. The summed E-state index contributed by atoms with van der Waals surface area (Å²) in [5.74, 6) is -0.327. The summed E-state index contributed by atoms with van der Waals surface area (Å²) in [4.78, 5) is 17.2. The van der Waals surface area contributed by atoms with Crippen LogP contribution in [0.25, 0.3) is 22.0 Å². The number of nitrogens with zero attached hydrogens (tertiary/aromatic N) is 2. The van der Waals surface area contributed by atoms with E-state index in [4.69, 9.17) is 10.7 Å². The van der Waals surface area contributed by atoms with Crippen molar-refractivity contribution < 1.29 is 13.2 Å². The second kappa shape index (κ2) is 7.71. The smallest absolute Gasteiger partial charge is 0.252 e. The summed E-state index contributed by atoms with van der Waals surface area (Å²) < 4.78 is 23.8. The molecule has 3 heterocycles. The minimum absolute atomic E-state index is 0.0600. The Labute approximate surface area is 175 Å². The third-order valence-corrected chi connectivity index (χ3v) is 7.22. The van der Waals surface area contributed by atoms with E-state index in [1.165, 1.54) is 0 Å². The van der Waals surface area contributed by atoms with Crippen molar-refractivity contribution in [1.29, 1.82) is 0 Å². The summed E-state index contributed by atoms with van der Waals surface area (Å²) >= 11 is 0. The van der Waals surface area contributed by atoms with Gasteiger partial charge in [-0.3, -0.25) is 14.9 Å². The van der Waals surface area contributed by atoms with Crippen LogP contribution in [0.15, 0.2) is 30.6 Å². The number of sulfone groups is 1. The van der Waals surface area contributed by atoms with Crippen LogP contribution in [0.4, 0.5) is 5.69 Å². The third kappa shape index (κ3) is 4.02. The van der Waals surface area contributed by atoms with E-state index in [9.17, 15) is 13.2 Å². The molecular formula is C21H25N5O3S. The molecule has 1 saturated heterocycles. The lowest BCUT2D eigenvalue weighted by molar-refractivity contribution is 0.0999. The number of primary amides is 1. The molecule has 158 valence electrons. The van der Waals surface area contributed by atoms with Gasteiger partial charge in [0.15, 0.2) is 9.84 Å². The molecule has 9 heteroatoms. The van der Waals surface area contributed by atoms with Gasteiger partial charge in [0.05, 0.1) is 40.2 Å². The van der Waals surface area contributed by atoms with E-state index in [0.29, 0.717) is 29.8 Å². The Morgan fingerprint density at radius 2 is 2.13 bits per heavy atom. The Hall–Kier alpha value is -2.94. The van der Waals surface area contributed by atoms with Crippen molar-refractivity contribution in [2.24, 2.45) is 11.7 Å². The van der Waals surface area contributed by atoms with Crippen LogP contribution >= 0.6 is 0 Å². The van der Waals surface area contributed by atoms with E-state index >= 15 is 0 Å². The maximum Gasteiger partial charge on any atom is 0.252 e. The molecule has 30 heavy (non-hydrogen) atoms. The van der Waals surface area contributed by atoms with Crippen molar-refractivity contribution >= 4 is 32.3 Å². The quantitative estimate of drug-likeness (QED) is 0.554. The molecule has 4 N–H and O–H groups in total. The van der Waals surface area contributed by atoms with E-state index in [1.54, 1.807) is 12.4 Å². The standard InChI is InChI=1S/C21H25N5O3S/c1-12(2)25-20-16-8-14(15-9-23-24-10-15)3-4-17(16)26-18(19(20)21(22)27)7-13-5-6-30(28,29)11-13/h3-4,8-10,12-13H,5-7,11H2,1-2H3,(H2,22,27)(H,23,24)(H,25,26). The summed E-state index contributed by atoms with van der Waals surface area (Å²) in [6.07, 6.45) is 4.51. The van der Waals surface area contributed by atoms with Crippen LogP contribution in [0.3, 0.4) is 0 Å². The van der Waals surface area contributed by atoms with E-state index < -0.39 is 15.7 Å². The lowest BCUT2D eigenvalue weighted by Gasteiger charge is -2.20. The van der Waals surface area contributed by atoms with Gasteiger partial charge in [0.2, 0.25) is 0 Å². The lowest BCUT2D eigenvalue weighted by atomic mass is 9.95. The van der Waals surface area contributed by atoms with Gasteiger partial charge < -0.3 is 11.1 Å². The normalized spacial score (nSPS) is 18.2. The van der Waals surface area contributed by atoms with E-state index in [-0.39, 0.29) is 23.5 Å². The number of H-pyrrole nitrogens is 1. The molecule has 4 rings (SSSR count). The summed E-state index contributed by atoms with van der Waals surface area (Å²) in [6.45, 7) is 3.97. The first-order valence-corrected chi connectivity index (χ1v) is 11.8. The van der Waals surface area contributed by atoms with Crippen LogP contribution in [0, 0.1) is 5.92 Å². The second-order valence-electron chi connectivity index (χ2n) is 8.16. The Bertz CT molecular complexity index is 1200. The zero-order valence-corrected chi connectivity index (χ0v) is 17.8. The second-order valence-corrected chi connectivity index (χ2v) is 10.4. The molecule has 1 fully saturated rings. The number of aromatic nitrogens is 3. The maximum atomic E-state index is 12.5. The minimum atomic E-state index is -3.02. The van der Waals surface area contributed by atoms with Gasteiger partial charge >= 0.3 is 0 Å². The highest BCUT2D eigenvalue weighted by Crippen LogP contribution is 2.34. The molecule has 1 amide bonds. The number of carbonyl (C=O) groups is 1.